The van der Waals surface area contributed by atoms with E-state index >= 15 is 0 Å². The molecule has 1 aliphatic rings. The summed E-state index contributed by atoms with van der Waals surface area (Å²) in [6.07, 6.45) is 0.751. The molecule has 3 aromatic rings. The second-order valence-corrected chi connectivity index (χ2v) is 10.6. The minimum absolute atomic E-state index is 0.0611. The summed E-state index contributed by atoms with van der Waals surface area (Å²) in [7, 11) is 0. The van der Waals surface area contributed by atoms with E-state index < -0.39 is 0 Å². The van der Waals surface area contributed by atoms with Crippen LogP contribution >= 0.6 is 34.5 Å². The van der Waals surface area contributed by atoms with E-state index in [9.17, 15) is 14.0 Å². The smallest absolute Gasteiger partial charge is 0.254 e. The third-order valence-electron chi connectivity index (χ3n) is 5.84. The molecule has 2 heterocycles. The van der Waals surface area contributed by atoms with Crippen LogP contribution in [0.5, 0.6) is 0 Å². The predicted octanol–water partition coefficient (Wildman–Crippen LogP) is 6.47. The maximum Gasteiger partial charge on any atom is 0.254 e. The van der Waals surface area contributed by atoms with Gasteiger partial charge in [0.05, 0.1) is 16.1 Å². The van der Waals surface area contributed by atoms with E-state index in [1.807, 2.05) is 25.3 Å². The van der Waals surface area contributed by atoms with Crippen LogP contribution < -0.4 is 0 Å². The van der Waals surface area contributed by atoms with Crippen molar-refractivity contribution in [2.24, 2.45) is 5.92 Å². The molecule has 4 nitrogen and oxygen atoms in total. The fourth-order valence-electron chi connectivity index (χ4n) is 4.32. The van der Waals surface area contributed by atoms with E-state index in [1.54, 1.807) is 45.4 Å². The molecule has 0 spiro atoms. The number of nitrogens with zero attached hydrogens (tertiary/aromatic N) is 2. The number of hydrogen-bond donors (Lipinski definition) is 0. The normalized spacial score (nSPS) is 15.4. The summed E-state index contributed by atoms with van der Waals surface area (Å²) in [6.45, 7) is 4.89. The molecule has 0 saturated carbocycles. The van der Waals surface area contributed by atoms with Crippen molar-refractivity contribution in [3.05, 3.63) is 91.3 Å². The lowest BCUT2D eigenvalue weighted by molar-refractivity contribution is -0.134. The number of fused-ring (bicyclic) bond motifs is 1. The molecule has 0 N–H and O–H groups in total. The van der Waals surface area contributed by atoms with Crippen molar-refractivity contribution >= 4 is 46.4 Å². The first-order chi connectivity index (χ1) is 16.2. The van der Waals surface area contributed by atoms with Crippen molar-refractivity contribution in [1.82, 2.24) is 9.80 Å². The van der Waals surface area contributed by atoms with Gasteiger partial charge >= 0.3 is 0 Å². The van der Waals surface area contributed by atoms with E-state index in [0.29, 0.717) is 28.7 Å². The van der Waals surface area contributed by atoms with Gasteiger partial charge in [-0.05, 0) is 65.2 Å². The monoisotopic (exact) mass is 518 g/mol. The highest BCUT2D eigenvalue weighted by Gasteiger charge is 2.34. The average molecular weight is 519 g/mol. The first kappa shape index (κ1) is 24.7. The van der Waals surface area contributed by atoms with Gasteiger partial charge in [0.2, 0.25) is 5.91 Å². The third-order valence-corrected chi connectivity index (χ3v) is 7.57. The largest absolute Gasteiger partial charge is 0.330 e. The first-order valence-electron chi connectivity index (χ1n) is 11.1. The molecular weight excluding hydrogens is 494 g/mol. The summed E-state index contributed by atoms with van der Waals surface area (Å²) >= 11 is 13.8. The minimum atomic E-state index is -0.321. The van der Waals surface area contributed by atoms with E-state index in [4.69, 9.17) is 23.2 Å². The van der Waals surface area contributed by atoms with Gasteiger partial charge in [0.25, 0.3) is 5.91 Å². The van der Waals surface area contributed by atoms with Gasteiger partial charge in [-0.3, -0.25) is 9.59 Å². The summed E-state index contributed by atoms with van der Waals surface area (Å²) in [4.78, 5) is 31.6. The van der Waals surface area contributed by atoms with Crippen LogP contribution in [0.2, 0.25) is 10.0 Å². The first-order valence-corrected chi connectivity index (χ1v) is 12.7. The van der Waals surface area contributed by atoms with Crippen molar-refractivity contribution in [2.75, 3.05) is 19.6 Å². The Balaban J connectivity index is 1.62. The summed E-state index contributed by atoms with van der Waals surface area (Å²) < 4.78 is 13.6. The number of rotatable bonds is 6. The molecule has 178 valence electrons. The summed E-state index contributed by atoms with van der Waals surface area (Å²) in [6, 6.07) is 12.7. The zero-order valence-electron chi connectivity index (χ0n) is 18.9. The zero-order chi connectivity index (χ0) is 24.4. The SMILES string of the molecule is CC(C)CN(CC(=O)N1CCc2sccc2C1c1ccc(F)cc1)C(=O)c1ccc(Cl)c(Cl)c1. The third kappa shape index (κ3) is 5.29. The van der Waals surface area contributed by atoms with Gasteiger partial charge in [-0.1, -0.05) is 49.2 Å². The van der Waals surface area contributed by atoms with Crippen molar-refractivity contribution in [1.29, 1.82) is 0 Å². The Morgan fingerprint density at radius 3 is 2.53 bits per heavy atom. The molecule has 2 aromatic carbocycles. The Hall–Kier alpha value is -2.41. The van der Waals surface area contributed by atoms with Gasteiger partial charge in [0.15, 0.2) is 0 Å². The second-order valence-electron chi connectivity index (χ2n) is 8.80. The Bertz CT molecular complexity index is 1200. The van der Waals surface area contributed by atoms with Gasteiger partial charge in [-0.25, -0.2) is 4.39 Å². The maximum absolute atomic E-state index is 13.6. The standard InChI is InChI=1S/C26H25Cl2FN2O2S/c1-16(2)14-30(26(33)18-5-8-21(27)22(28)13-18)15-24(32)31-11-9-23-20(10-12-34-23)25(31)17-3-6-19(29)7-4-17/h3-8,10,12-13,16,25H,9,11,14-15H2,1-2H3. The Labute approximate surface area is 212 Å². The molecule has 1 aromatic heterocycles. The Morgan fingerprint density at radius 2 is 1.85 bits per heavy atom. The van der Waals surface area contributed by atoms with Gasteiger partial charge < -0.3 is 9.80 Å². The highest BCUT2D eigenvalue weighted by atomic mass is 35.5. The Kier molecular flexibility index (Phi) is 7.60. The van der Waals surface area contributed by atoms with E-state index in [1.165, 1.54) is 23.1 Å². The van der Waals surface area contributed by atoms with Crippen LogP contribution in [0.4, 0.5) is 4.39 Å². The molecule has 8 heteroatoms. The van der Waals surface area contributed by atoms with Crippen LogP contribution in [0, 0.1) is 11.7 Å². The molecule has 0 saturated heterocycles. The zero-order valence-corrected chi connectivity index (χ0v) is 21.3. The number of halogens is 3. The fourth-order valence-corrected chi connectivity index (χ4v) is 5.52. The van der Waals surface area contributed by atoms with Crippen LogP contribution in [-0.4, -0.2) is 41.2 Å². The number of amides is 2. The van der Waals surface area contributed by atoms with Crippen LogP contribution in [0.3, 0.4) is 0 Å². The summed E-state index contributed by atoms with van der Waals surface area (Å²) in [5.74, 6) is -0.581. The molecule has 0 radical (unpaired) electrons. The molecule has 4 rings (SSSR count). The van der Waals surface area contributed by atoms with Crippen molar-refractivity contribution in [3.63, 3.8) is 0 Å². The lowest BCUT2D eigenvalue weighted by Crippen LogP contribution is -2.47. The average Bonchev–Trinajstić information content (AvgIpc) is 3.28. The number of thiophene rings is 1. The summed E-state index contributed by atoms with van der Waals surface area (Å²) in [5.41, 5.74) is 2.29. The van der Waals surface area contributed by atoms with Gasteiger partial charge in [0, 0.05) is 23.5 Å². The molecule has 1 unspecified atom stereocenters. The number of carbonyl (C=O) groups is 2. The predicted molar refractivity (Wildman–Crippen MR) is 135 cm³/mol. The molecule has 0 fully saturated rings. The van der Waals surface area contributed by atoms with Crippen molar-refractivity contribution in [2.45, 2.75) is 26.3 Å². The van der Waals surface area contributed by atoms with Crippen molar-refractivity contribution in [3.8, 4) is 0 Å². The molecule has 1 aliphatic heterocycles. The highest BCUT2D eigenvalue weighted by molar-refractivity contribution is 7.10. The number of benzene rings is 2. The van der Waals surface area contributed by atoms with Crippen LogP contribution in [0.25, 0.3) is 0 Å². The molecular formula is C26H25Cl2FN2O2S. The molecule has 0 bridgehead atoms. The number of carbonyl (C=O) groups excluding carboxylic acids is 2. The molecule has 1 atom stereocenters. The van der Waals surface area contributed by atoms with Crippen LogP contribution in [0.1, 0.15) is 46.3 Å². The van der Waals surface area contributed by atoms with Crippen molar-refractivity contribution < 1.29 is 14.0 Å². The van der Waals surface area contributed by atoms with Crippen LogP contribution in [-0.2, 0) is 11.2 Å². The van der Waals surface area contributed by atoms with Gasteiger partial charge in [0.1, 0.15) is 12.4 Å². The topological polar surface area (TPSA) is 40.6 Å². The lowest BCUT2D eigenvalue weighted by Gasteiger charge is -2.38. The summed E-state index contributed by atoms with van der Waals surface area (Å²) in [5, 5.41) is 2.68. The van der Waals surface area contributed by atoms with E-state index in [-0.39, 0.29) is 36.1 Å². The fraction of sp³-hybridized carbons (Fsp3) is 0.308. The second kappa shape index (κ2) is 10.5. The van der Waals surface area contributed by atoms with E-state index in [2.05, 4.69) is 0 Å². The minimum Gasteiger partial charge on any atom is -0.330 e. The quantitative estimate of drug-likeness (QED) is 0.375. The van der Waals surface area contributed by atoms with Crippen LogP contribution in [0.15, 0.2) is 53.9 Å². The molecule has 34 heavy (non-hydrogen) atoms. The Morgan fingerprint density at radius 1 is 1.12 bits per heavy atom. The highest BCUT2D eigenvalue weighted by Crippen LogP contribution is 2.38. The molecule has 2 amide bonds. The number of hydrogen-bond acceptors (Lipinski definition) is 3. The van der Waals surface area contributed by atoms with E-state index in [0.717, 1.165) is 17.5 Å². The molecule has 0 aliphatic carbocycles. The van der Waals surface area contributed by atoms with Gasteiger partial charge in [-0.15, -0.1) is 11.3 Å². The lowest BCUT2D eigenvalue weighted by atomic mass is 9.93. The van der Waals surface area contributed by atoms with Gasteiger partial charge in [-0.2, -0.15) is 0 Å². The maximum atomic E-state index is 13.6.